The fourth-order valence-corrected chi connectivity index (χ4v) is 4.30. The molecule has 0 aromatic heterocycles. The number of nitrogens with one attached hydrogen (secondary N) is 2. The summed E-state index contributed by atoms with van der Waals surface area (Å²) in [5.74, 6) is 1.11. The molecule has 0 aromatic carbocycles. The Labute approximate surface area is 145 Å². The Morgan fingerprint density at radius 1 is 0.708 bits per heavy atom. The quantitative estimate of drug-likeness (QED) is 0.828. The summed E-state index contributed by atoms with van der Waals surface area (Å²) < 4.78 is 0. The Kier molecular flexibility index (Phi) is 6.21. The number of likely N-dealkylation sites (tertiary alicyclic amines) is 2. The van der Waals surface area contributed by atoms with Gasteiger partial charge in [-0.1, -0.05) is 6.42 Å². The minimum Gasteiger partial charge on any atom is -0.338 e. The van der Waals surface area contributed by atoms with Crippen molar-refractivity contribution in [3.05, 3.63) is 0 Å². The molecule has 4 amide bonds. The summed E-state index contributed by atoms with van der Waals surface area (Å²) in [7, 11) is 0. The van der Waals surface area contributed by atoms with Crippen molar-refractivity contribution in [3.8, 4) is 0 Å². The number of hydrogen-bond acceptors (Lipinski definition) is 2. The zero-order chi connectivity index (χ0) is 16.8. The van der Waals surface area contributed by atoms with Gasteiger partial charge >= 0.3 is 12.1 Å². The van der Waals surface area contributed by atoms with Crippen molar-refractivity contribution in [1.29, 1.82) is 0 Å². The molecule has 6 heteroatoms. The van der Waals surface area contributed by atoms with Crippen LogP contribution in [0, 0.1) is 11.8 Å². The molecule has 0 aromatic rings. The van der Waals surface area contributed by atoms with Gasteiger partial charge in [0.25, 0.3) is 0 Å². The second-order valence-electron chi connectivity index (χ2n) is 7.66. The summed E-state index contributed by atoms with van der Waals surface area (Å²) in [4.78, 5) is 28.0. The molecule has 2 heterocycles. The van der Waals surface area contributed by atoms with Crippen molar-refractivity contribution in [2.75, 3.05) is 39.3 Å². The van der Waals surface area contributed by atoms with E-state index in [-0.39, 0.29) is 12.1 Å². The van der Waals surface area contributed by atoms with E-state index in [1.807, 2.05) is 9.80 Å². The van der Waals surface area contributed by atoms with Crippen LogP contribution in [0.15, 0.2) is 0 Å². The molecule has 6 nitrogen and oxygen atoms in total. The summed E-state index contributed by atoms with van der Waals surface area (Å²) in [6.07, 6.45) is 9.24. The maximum Gasteiger partial charge on any atom is 0.317 e. The van der Waals surface area contributed by atoms with E-state index in [2.05, 4.69) is 10.6 Å². The van der Waals surface area contributed by atoms with Crippen LogP contribution in [0.3, 0.4) is 0 Å². The molecule has 1 saturated carbocycles. The Hall–Kier alpha value is -1.46. The molecule has 136 valence electrons. The summed E-state index contributed by atoms with van der Waals surface area (Å²) >= 11 is 0. The van der Waals surface area contributed by atoms with Crippen molar-refractivity contribution in [2.24, 2.45) is 11.8 Å². The first-order valence-electron chi connectivity index (χ1n) is 9.78. The fourth-order valence-electron chi connectivity index (χ4n) is 4.30. The van der Waals surface area contributed by atoms with Crippen LogP contribution in [-0.4, -0.2) is 61.1 Å². The van der Waals surface area contributed by atoms with Gasteiger partial charge in [0.05, 0.1) is 0 Å². The van der Waals surface area contributed by atoms with Gasteiger partial charge in [-0.25, -0.2) is 9.59 Å². The van der Waals surface area contributed by atoms with E-state index in [0.29, 0.717) is 11.8 Å². The van der Waals surface area contributed by atoms with Gasteiger partial charge in [0.15, 0.2) is 0 Å². The Morgan fingerprint density at radius 3 is 1.54 bits per heavy atom. The molecule has 2 unspecified atom stereocenters. The van der Waals surface area contributed by atoms with Crippen LogP contribution >= 0.6 is 0 Å². The van der Waals surface area contributed by atoms with Crippen LogP contribution in [0.4, 0.5) is 9.59 Å². The van der Waals surface area contributed by atoms with Gasteiger partial charge in [-0.05, 0) is 56.8 Å². The third-order valence-electron chi connectivity index (χ3n) is 5.76. The predicted molar refractivity (Wildman–Crippen MR) is 93.9 cm³/mol. The Balaban J connectivity index is 1.34. The maximum atomic E-state index is 12.1. The summed E-state index contributed by atoms with van der Waals surface area (Å²) in [6, 6.07) is 0.217. The lowest BCUT2D eigenvalue weighted by atomic mass is 9.81. The number of carbonyl (C=O) groups is 2. The van der Waals surface area contributed by atoms with Crippen molar-refractivity contribution >= 4 is 12.1 Å². The van der Waals surface area contributed by atoms with E-state index in [9.17, 15) is 9.59 Å². The number of rotatable bonds is 4. The average Bonchev–Trinajstić information content (AvgIpc) is 3.31. The van der Waals surface area contributed by atoms with E-state index in [1.165, 1.54) is 19.3 Å². The molecule has 3 aliphatic rings. The van der Waals surface area contributed by atoms with E-state index < -0.39 is 0 Å². The van der Waals surface area contributed by atoms with Gasteiger partial charge in [-0.2, -0.15) is 0 Å². The molecule has 0 spiro atoms. The standard InChI is InChI=1S/C18H32N4O2/c23-17(21-8-1-2-9-21)19-13-15-6-5-7-16(12-15)14-20-18(24)22-10-3-4-11-22/h15-16H,1-14H2,(H,19,23)(H,20,24). The van der Waals surface area contributed by atoms with Crippen LogP contribution in [0.2, 0.25) is 0 Å². The van der Waals surface area contributed by atoms with Gasteiger partial charge in [0.2, 0.25) is 0 Å². The van der Waals surface area contributed by atoms with Gasteiger partial charge in [-0.15, -0.1) is 0 Å². The smallest absolute Gasteiger partial charge is 0.317 e. The monoisotopic (exact) mass is 336 g/mol. The van der Waals surface area contributed by atoms with Crippen LogP contribution in [0.5, 0.6) is 0 Å². The van der Waals surface area contributed by atoms with Crippen LogP contribution in [-0.2, 0) is 0 Å². The Morgan fingerprint density at radius 2 is 1.12 bits per heavy atom. The lowest BCUT2D eigenvalue weighted by Gasteiger charge is -2.30. The van der Waals surface area contributed by atoms with Crippen molar-refractivity contribution < 1.29 is 9.59 Å². The zero-order valence-electron chi connectivity index (χ0n) is 14.8. The highest BCUT2D eigenvalue weighted by Gasteiger charge is 2.25. The highest BCUT2D eigenvalue weighted by Crippen LogP contribution is 2.28. The molecule has 0 radical (unpaired) electrons. The number of urea groups is 2. The minimum atomic E-state index is 0.108. The molecule has 24 heavy (non-hydrogen) atoms. The summed E-state index contributed by atoms with van der Waals surface area (Å²) in [5, 5.41) is 6.23. The maximum absolute atomic E-state index is 12.1. The topological polar surface area (TPSA) is 64.7 Å². The van der Waals surface area contributed by atoms with E-state index in [1.54, 1.807) is 0 Å². The lowest BCUT2D eigenvalue weighted by Crippen LogP contribution is -2.43. The molecule has 2 N–H and O–H groups in total. The molecule has 2 aliphatic heterocycles. The summed E-state index contributed by atoms with van der Waals surface area (Å²) in [6.45, 7) is 5.18. The normalized spacial score (nSPS) is 27.3. The third kappa shape index (κ3) is 4.77. The molecule has 3 rings (SSSR count). The SMILES string of the molecule is O=C(NCC1CCCC(CNC(=O)N2CCCC2)C1)N1CCCC1. The summed E-state index contributed by atoms with van der Waals surface area (Å²) in [5.41, 5.74) is 0. The van der Waals surface area contributed by atoms with Gasteiger partial charge in [0, 0.05) is 39.3 Å². The molecule has 0 bridgehead atoms. The number of nitrogens with zero attached hydrogens (tertiary/aromatic N) is 2. The van der Waals surface area contributed by atoms with E-state index in [0.717, 1.165) is 71.4 Å². The van der Waals surface area contributed by atoms with Gasteiger partial charge < -0.3 is 20.4 Å². The first-order valence-corrected chi connectivity index (χ1v) is 9.78. The molecular formula is C18H32N4O2. The molecule has 1 aliphatic carbocycles. The van der Waals surface area contributed by atoms with Crippen molar-refractivity contribution in [2.45, 2.75) is 51.4 Å². The third-order valence-corrected chi connectivity index (χ3v) is 5.76. The largest absolute Gasteiger partial charge is 0.338 e. The first kappa shape index (κ1) is 17.4. The van der Waals surface area contributed by atoms with Crippen molar-refractivity contribution in [1.82, 2.24) is 20.4 Å². The number of amides is 4. The first-order chi connectivity index (χ1) is 11.7. The fraction of sp³-hybridized carbons (Fsp3) is 0.889. The van der Waals surface area contributed by atoms with Crippen LogP contribution in [0.25, 0.3) is 0 Å². The zero-order valence-corrected chi connectivity index (χ0v) is 14.8. The average molecular weight is 336 g/mol. The second-order valence-corrected chi connectivity index (χ2v) is 7.66. The van der Waals surface area contributed by atoms with Crippen LogP contribution < -0.4 is 10.6 Å². The van der Waals surface area contributed by atoms with E-state index in [4.69, 9.17) is 0 Å². The Bertz CT molecular complexity index is 393. The lowest BCUT2D eigenvalue weighted by molar-refractivity contribution is 0.195. The second kappa shape index (κ2) is 8.58. The molecule has 2 atom stereocenters. The minimum absolute atomic E-state index is 0.108. The van der Waals surface area contributed by atoms with Crippen LogP contribution in [0.1, 0.15) is 51.4 Å². The molecule has 3 fully saturated rings. The number of hydrogen-bond donors (Lipinski definition) is 2. The number of carbonyl (C=O) groups excluding carboxylic acids is 2. The van der Waals surface area contributed by atoms with E-state index >= 15 is 0 Å². The highest BCUT2D eigenvalue weighted by atomic mass is 16.2. The molecule has 2 saturated heterocycles. The van der Waals surface area contributed by atoms with Gasteiger partial charge in [-0.3, -0.25) is 0 Å². The van der Waals surface area contributed by atoms with Gasteiger partial charge in [0.1, 0.15) is 0 Å². The highest BCUT2D eigenvalue weighted by molar-refractivity contribution is 5.74. The van der Waals surface area contributed by atoms with Crippen molar-refractivity contribution in [3.63, 3.8) is 0 Å². The molecular weight excluding hydrogens is 304 g/mol. The predicted octanol–water partition coefficient (Wildman–Crippen LogP) is 2.40.